The Bertz CT molecular complexity index is 459. The minimum absolute atomic E-state index is 0.377. The lowest BCUT2D eigenvalue weighted by Gasteiger charge is -2.14. The molecule has 88 valence electrons. The van der Waals surface area contributed by atoms with Gasteiger partial charge in [0.1, 0.15) is 0 Å². The van der Waals surface area contributed by atoms with E-state index in [2.05, 4.69) is 47.8 Å². The fraction of sp³-hybridized carbons (Fsp3) is 0.200. The average molecular weight is 243 g/mol. The van der Waals surface area contributed by atoms with Crippen LogP contribution in [-0.4, -0.2) is 6.54 Å². The van der Waals surface area contributed by atoms with Crippen LogP contribution in [0.2, 0.25) is 0 Å². The van der Waals surface area contributed by atoms with Crippen molar-refractivity contribution >= 4 is 16.9 Å². The molecular weight excluding hydrogens is 226 g/mol. The Balaban J connectivity index is 1.89. The molecule has 0 fully saturated rings. The second kappa shape index (κ2) is 5.80. The largest absolute Gasteiger partial charge is 0.306 e. The van der Waals surface area contributed by atoms with Gasteiger partial charge < -0.3 is 5.32 Å². The minimum atomic E-state index is 0.377. The Hall–Kier alpha value is -1.38. The van der Waals surface area contributed by atoms with Gasteiger partial charge in [-0.25, -0.2) is 0 Å². The van der Waals surface area contributed by atoms with E-state index in [4.69, 9.17) is 0 Å². The molecule has 0 saturated carbocycles. The van der Waals surface area contributed by atoms with Crippen molar-refractivity contribution in [2.45, 2.75) is 13.0 Å². The summed E-state index contributed by atoms with van der Waals surface area (Å²) in [5.41, 5.74) is 3.68. The van der Waals surface area contributed by atoms with Gasteiger partial charge in [0.05, 0.1) is 0 Å². The molecule has 2 aromatic rings. The summed E-state index contributed by atoms with van der Waals surface area (Å²) >= 11 is 1.74. The molecule has 0 bridgehead atoms. The maximum atomic E-state index is 4.12. The van der Waals surface area contributed by atoms with Gasteiger partial charge in [0, 0.05) is 12.6 Å². The molecule has 0 spiro atoms. The van der Waals surface area contributed by atoms with Crippen LogP contribution in [0.25, 0.3) is 5.57 Å². The molecule has 1 aromatic carbocycles. The first-order valence-electron chi connectivity index (χ1n) is 5.76. The molecular formula is C15H17NS. The number of thiophene rings is 1. The highest BCUT2D eigenvalue weighted by Crippen LogP contribution is 2.17. The zero-order valence-corrected chi connectivity index (χ0v) is 10.8. The summed E-state index contributed by atoms with van der Waals surface area (Å²) in [6.07, 6.45) is 0. The van der Waals surface area contributed by atoms with Crippen LogP contribution in [0.4, 0.5) is 0 Å². The number of benzene rings is 1. The van der Waals surface area contributed by atoms with E-state index in [1.807, 2.05) is 18.2 Å². The van der Waals surface area contributed by atoms with Crippen molar-refractivity contribution in [1.82, 2.24) is 5.32 Å². The lowest BCUT2D eigenvalue weighted by atomic mass is 10.1. The van der Waals surface area contributed by atoms with Crippen molar-refractivity contribution in [3.8, 4) is 0 Å². The van der Waals surface area contributed by atoms with E-state index in [9.17, 15) is 0 Å². The maximum Gasteiger partial charge on any atom is 0.0303 e. The van der Waals surface area contributed by atoms with Gasteiger partial charge in [-0.2, -0.15) is 11.3 Å². The topological polar surface area (TPSA) is 12.0 Å². The lowest BCUT2D eigenvalue weighted by molar-refractivity contribution is 0.624. The molecule has 0 aliphatic rings. The summed E-state index contributed by atoms with van der Waals surface area (Å²) in [5.74, 6) is 0. The molecule has 0 aliphatic heterocycles. The molecule has 1 atom stereocenters. The van der Waals surface area contributed by atoms with Gasteiger partial charge in [-0.1, -0.05) is 36.9 Å². The Morgan fingerprint density at radius 3 is 2.71 bits per heavy atom. The van der Waals surface area contributed by atoms with E-state index >= 15 is 0 Å². The van der Waals surface area contributed by atoms with Crippen molar-refractivity contribution in [3.05, 3.63) is 64.9 Å². The summed E-state index contributed by atoms with van der Waals surface area (Å²) < 4.78 is 0. The zero-order valence-electron chi connectivity index (χ0n) is 10.0. The van der Waals surface area contributed by atoms with Crippen LogP contribution in [-0.2, 0) is 0 Å². The molecule has 1 aromatic heterocycles. The van der Waals surface area contributed by atoms with E-state index < -0.39 is 0 Å². The predicted octanol–water partition coefficient (Wildman–Crippen LogP) is 4.11. The monoisotopic (exact) mass is 243 g/mol. The van der Waals surface area contributed by atoms with E-state index in [1.165, 1.54) is 11.1 Å². The summed E-state index contributed by atoms with van der Waals surface area (Å²) in [6.45, 7) is 7.12. The summed E-state index contributed by atoms with van der Waals surface area (Å²) in [6, 6.07) is 12.8. The minimum Gasteiger partial charge on any atom is -0.306 e. The first-order chi connectivity index (χ1) is 8.27. The SMILES string of the molecule is C=C(CNC(C)c1ccsc1)c1ccccc1. The van der Waals surface area contributed by atoms with Gasteiger partial charge in [-0.05, 0) is 40.5 Å². The third-order valence-corrected chi connectivity index (χ3v) is 3.55. The van der Waals surface area contributed by atoms with Crippen LogP contribution in [0.1, 0.15) is 24.1 Å². The maximum absolute atomic E-state index is 4.12. The highest BCUT2D eigenvalue weighted by atomic mass is 32.1. The lowest BCUT2D eigenvalue weighted by Crippen LogP contribution is -2.20. The number of hydrogen-bond donors (Lipinski definition) is 1. The van der Waals surface area contributed by atoms with Crippen LogP contribution < -0.4 is 5.32 Å². The quantitative estimate of drug-likeness (QED) is 0.833. The highest BCUT2D eigenvalue weighted by Gasteiger charge is 2.05. The zero-order chi connectivity index (χ0) is 12.1. The summed E-state index contributed by atoms with van der Waals surface area (Å²) in [7, 11) is 0. The number of nitrogens with one attached hydrogen (secondary N) is 1. The molecule has 1 unspecified atom stereocenters. The molecule has 1 nitrogen and oxygen atoms in total. The summed E-state index contributed by atoms with van der Waals surface area (Å²) in [5, 5.41) is 7.78. The number of rotatable bonds is 5. The molecule has 1 heterocycles. The van der Waals surface area contributed by atoms with Crippen LogP contribution >= 0.6 is 11.3 Å². The first-order valence-corrected chi connectivity index (χ1v) is 6.70. The standard InChI is InChI=1S/C15H17NS/c1-12(14-6-4-3-5-7-14)10-16-13(2)15-8-9-17-11-15/h3-9,11,13,16H,1,10H2,2H3. The molecule has 0 amide bonds. The fourth-order valence-electron chi connectivity index (χ4n) is 1.69. The van der Waals surface area contributed by atoms with Crippen molar-refractivity contribution in [2.24, 2.45) is 0 Å². The average Bonchev–Trinajstić information content (AvgIpc) is 2.90. The van der Waals surface area contributed by atoms with Gasteiger partial charge in [-0.15, -0.1) is 0 Å². The normalized spacial score (nSPS) is 12.3. The van der Waals surface area contributed by atoms with Crippen molar-refractivity contribution in [1.29, 1.82) is 0 Å². The van der Waals surface area contributed by atoms with Crippen LogP contribution in [0, 0.1) is 0 Å². The second-order valence-corrected chi connectivity index (χ2v) is 4.91. The Labute approximate surface area is 107 Å². The Morgan fingerprint density at radius 2 is 2.06 bits per heavy atom. The van der Waals surface area contributed by atoms with E-state index in [1.54, 1.807) is 11.3 Å². The van der Waals surface area contributed by atoms with Crippen molar-refractivity contribution in [3.63, 3.8) is 0 Å². The van der Waals surface area contributed by atoms with Gasteiger partial charge in [0.15, 0.2) is 0 Å². The molecule has 17 heavy (non-hydrogen) atoms. The van der Waals surface area contributed by atoms with Gasteiger partial charge in [0.25, 0.3) is 0 Å². The highest BCUT2D eigenvalue weighted by molar-refractivity contribution is 7.07. The van der Waals surface area contributed by atoms with Crippen LogP contribution in [0.15, 0.2) is 53.7 Å². The summed E-state index contributed by atoms with van der Waals surface area (Å²) in [4.78, 5) is 0. The molecule has 0 aliphatic carbocycles. The first kappa shape index (κ1) is 12.1. The van der Waals surface area contributed by atoms with Gasteiger partial charge in [0.2, 0.25) is 0 Å². The van der Waals surface area contributed by atoms with Gasteiger partial charge >= 0.3 is 0 Å². The second-order valence-electron chi connectivity index (χ2n) is 4.13. The van der Waals surface area contributed by atoms with Crippen molar-refractivity contribution in [2.75, 3.05) is 6.54 Å². The third-order valence-electron chi connectivity index (χ3n) is 2.85. The molecule has 0 radical (unpaired) electrons. The van der Waals surface area contributed by atoms with Gasteiger partial charge in [-0.3, -0.25) is 0 Å². The van der Waals surface area contributed by atoms with Crippen molar-refractivity contribution < 1.29 is 0 Å². The fourth-order valence-corrected chi connectivity index (χ4v) is 2.45. The Morgan fingerprint density at radius 1 is 1.29 bits per heavy atom. The molecule has 2 heteroatoms. The Kier molecular flexibility index (Phi) is 4.13. The van der Waals surface area contributed by atoms with Crippen LogP contribution in [0.5, 0.6) is 0 Å². The number of hydrogen-bond acceptors (Lipinski definition) is 2. The van der Waals surface area contributed by atoms with E-state index in [-0.39, 0.29) is 0 Å². The molecule has 1 N–H and O–H groups in total. The predicted molar refractivity (Wildman–Crippen MR) is 76.2 cm³/mol. The molecule has 0 saturated heterocycles. The third kappa shape index (κ3) is 3.29. The molecule has 2 rings (SSSR count). The van der Waals surface area contributed by atoms with E-state index in [0.29, 0.717) is 6.04 Å². The van der Waals surface area contributed by atoms with E-state index in [0.717, 1.165) is 12.1 Å². The smallest absolute Gasteiger partial charge is 0.0303 e. The van der Waals surface area contributed by atoms with Crippen LogP contribution in [0.3, 0.4) is 0 Å².